The van der Waals surface area contributed by atoms with Crippen LogP contribution < -0.4 is 5.32 Å². The zero-order valence-electron chi connectivity index (χ0n) is 13.0. The molecule has 4 nitrogen and oxygen atoms in total. The molecule has 0 aromatic carbocycles. The van der Waals surface area contributed by atoms with Crippen LogP contribution in [0, 0.1) is 0 Å². The second-order valence-electron chi connectivity index (χ2n) is 6.92. The third kappa shape index (κ3) is 3.91. The van der Waals surface area contributed by atoms with E-state index in [4.69, 9.17) is 9.47 Å². The van der Waals surface area contributed by atoms with Gasteiger partial charge in [0.25, 0.3) is 0 Å². The van der Waals surface area contributed by atoms with Gasteiger partial charge in [-0.1, -0.05) is 0 Å². The minimum Gasteiger partial charge on any atom is -0.381 e. The number of nitrogens with one attached hydrogen (secondary N) is 1. The van der Waals surface area contributed by atoms with E-state index in [0.717, 1.165) is 52.0 Å². The highest BCUT2D eigenvalue weighted by Gasteiger charge is 2.39. The first-order valence-electron chi connectivity index (χ1n) is 7.56. The summed E-state index contributed by atoms with van der Waals surface area (Å²) in [4.78, 5) is 2.28. The van der Waals surface area contributed by atoms with Crippen molar-refractivity contribution in [1.82, 2.24) is 10.2 Å². The van der Waals surface area contributed by atoms with Gasteiger partial charge in [0.15, 0.2) is 0 Å². The van der Waals surface area contributed by atoms with Crippen molar-refractivity contribution < 1.29 is 9.47 Å². The van der Waals surface area contributed by atoms with Crippen molar-refractivity contribution in [3.05, 3.63) is 0 Å². The summed E-state index contributed by atoms with van der Waals surface area (Å²) in [6, 6.07) is 0.589. The summed E-state index contributed by atoms with van der Waals surface area (Å²) in [6.07, 6.45) is 4.39. The largest absolute Gasteiger partial charge is 0.381 e. The van der Waals surface area contributed by atoms with E-state index in [1.165, 1.54) is 0 Å². The first-order valence-corrected chi connectivity index (χ1v) is 7.56. The average Bonchev–Trinajstić information content (AvgIpc) is 2.37. The lowest BCUT2D eigenvalue weighted by molar-refractivity contribution is -0.140. The lowest BCUT2D eigenvalue weighted by Crippen LogP contribution is -2.54. The molecule has 2 fully saturated rings. The minimum atomic E-state index is 0.0937. The standard InChI is InChI=1S/C15H30N2O2/c1-14(2,17(3)4)12-16-13-5-8-19-15(11-13)6-9-18-10-7-15/h13,16H,5-12H2,1-4H3. The molecule has 4 heteroatoms. The summed E-state index contributed by atoms with van der Waals surface area (Å²) in [5, 5.41) is 3.75. The molecule has 2 heterocycles. The van der Waals surface area contributed by atoms with Crippen LogP contribution in [-0.4, -0.2) is 62.5 Å². The number of hydrogen-bond acceptors (Lipinski definition) is 4. The molecule has 2 rings (SSSR count). The number of nitrogens with zero attached hydrogens (tertiary/aromatic N) is 1. The van der Waals surface area contributed by atoms with Crippen molar-refractivity contribution in [2.45, 2.75) is 56.7 Å². The van der Waals surface area contributed by atoms with Crippen molar-refractivity contribution in [3.8, 4) is 0 Å². The van der Waals surface area contributed by atoms with Gasteiger partial charge < -0.3 is 19.7 Å². The first-order chi connectivity index (χ1) is 8.94. The predicted molar refractivity (Wildman–Crippen MR) is 77.5 cm³/mol. The average molecular weight is 270 g/mol. The van der Waals surface area contributed by atoms with Crippen LogP contribution in [0.2, 0.25) is 0 Å². The Kier molecular flexibility index (Phi) is 4.88. The van der Waals surface area contributed by atoms with Crippen molar-refractivity contribution in [2.24, 2.45) is 0 Å². The van der Waals surface area contributed by atoms with Crippen molar-refractivity contribution >= 4 is 0 Å². The molecule has 0 saturated carbocycles. The molecule has 0 aromatic heterocycles. The van der Waals surface area contributed by atoms with E-state index in [1.807, 2.05) is 0 Å². The van der Waals surface area contributed by atoms with Crippen molar-refractivity contribution in [3.63, 3.8) is 0 Å². The summed E-state index contributed by atoms with van der Waals surface area (Å²) in [5.74, 6) is 0. The Hall–Kier alpha value is -0.160. The van der Waals surface area contributed by atoms with Gasteiger partial charge in [-0.15, -0.1) is 0 Å². The minimum absolute atomic E-state index is 0.0937. The van der Waals surface area contributed by atoms with Crippen LogP contribution in [0.3, 0.4) is 0 Å². The van der Waals surface area contributed by atoms with Gasteiger partial charge in [0.2, 0.25) is 0 Å². The molecule has 0 bridgehead atoms. The van der Waals surface area contributed by atoms with Gasteiger partial charge in [0, 0.05) is 37.9 Å². The molecule has 0 aliphatic carbocycles. The highest BCUT2D eigenvalue weighted by atomic mass is 16.5. The lowest BCUT2D eigenvalue weighted by Gasteiger charge is -2.44. The van der Waals surface area contributed by atoms with Gasteiger partial charge in [-0.3, -0.25) is 0 Å². The maximum atomic E-state index is 6.09. The third-order valence-corrected chi connectivity index (χ3v) is 4.93. The van der Waals surface area contributed by atoms with Crippen LogP contribution in [0.15, 0.2) is 0 Å². The highest BCUT2D eigenvalue weighted by Crippen LogP contribution is 2.34. The Morgan fingerprint density at radius 3 is 2.53 bits per heavy atom. The molecular weight excluding hydrogens is 240 g/mol. The number of hydrogen-bond donors (Lipinski definition) is 1. The Labute approximate surface area is 117 Å². The van der Waals surface area contributed by atoms with E-state index in [1.54, 1.807) is 0 Å². The quantitative estimate of drug-likeness (QED) is 0.842. The van der Waals surface area contributed by atoms with Crippen LogP contribution in [-0.2, 0) is 9.47 Å². The second kappa shape index (κ2) is 6.08. The third-order valence-electron chi connectivity index (χ3n) is 4.93. The molecule has 112 valence electrons. The van der Waals surface area contributed by atoms with Crippen LogP contribution in [0.25, 0.3) is 0 Å². The zero-order valence-corrected chi connectivity index (χ0v) is 13.0. The maximum absolute atomic E-state index is 6.09. The summed E-state index contributed by atoms with van der Waals surface area (Å²) >= 11 is 0. The van der Waals surface area contributed by atoms with Gasteiger partial charge in [0.1, 0.15) is 0 Å². The fraction of sp³-hybridized carbons (Fsp3) is 1.00. The topological polar surface area (TPSA) is 33.7 Å². The van der Waals surface area contributed by atoms with Gasteiger partial charge in [-0.05, 0) is 53.6 Å². The predicted octanol–water partition coefficient (Wildman–Crippen LogP) is 1.64. The molecular formula is C15H30N2O2. The van der Waals surface area contributed by atoms with Crippen LogP contribution >= 0.6 is 0 Å². The van der Waals surface area contributed by atoms with Crippen LogP contribution in [0.1, 0.15) is 39.5 Å². The summed E-state index contributed by atoms with van der Waals surface area (Å²) in [7, 11) is 4.29. The fourth-order valence-electron chi connectivity index (χ4n) is 2.85. The molecule has 1 N–H and O–H groups in total. The van der Waals surface area contributed by atoms with Crippen molar-refractivity contribution in [2.75, 3.05) is 40.5 Å². The molecule has 1 atom stereocenters. The summed E-state index contributed by atoms with van der Waals surface area (Å²) < 4.78 is 11.6. The molecule has 0 radical (unpaired) electrons. The molecule has 2 aliphatic heterocycles. The second-order valence-corrected chi connectivity index (χ2v) is 6.92. The van der Waals surface area contributed by atoms with Gasteiger partial charge in [-0.25, -0.2) is 0 Å². The Morgan fingerprint density at radius 2 is 1.89 bits per heavy atom. The van der Waals surface area contributed by atoms with Gasteiger partial charge in [0.05, 0.1) is 5.60 Å². The van der Waals surface area contributed by atoms with Gasteiger partial charge >= 0.3 is 0 Å². The highest BCUT2D eigenvalue weighted by molar-refractivity contribution is 4.93. The molecule has 0 aromatic rings. The van der Waals surface area contributed by atoms with E-state index >= 15 is 0 Å². The van der Waals surface area contributed by atoms with Gasteiger partial charge in [-0.2, -0.15) is 0 Å². The van der Waals surface area contributed by atoms with Crippen LogP contribution in [0.5, 0.6) is 0 Å². The van der Waals surface area contributed by atoms with E-state index in [0.29, 0.717) is 6.04 Å². The molecule has 1 unspecified atom stereocenters. The molecule has 2 aliphatic rings. The van der Waals surface area contributed by atoms with E-state index in [2.05, 4.69) is 38.2 Å². The van der Waals surface area contributed by atoms with Crippen molar-refractivity contribution in [1.29, 1.82) is 0 Å². The molecule has 0 amide bonds. The van der Waals surface area contributed by atoms with E-state index < -0.39 is 0 Å². The normalized spacial score (nSPS) is 27.9. The first kappa shape index (κ1) is 15.2. The monoisotopic (exact) mass is 270 g/mol. The van der Waals surface area contributed by atoms with E-state index in [9.17, 15) is 0 Å². The van der Waals surface area contributed by atoms with E-state index in [-0.39, 0.29) is 11.1 Å². The Morgan fingerprint density at radius 1 is 1.21 bits per heavy atom. The number of likely N-dealkylation sites (N-methyl/N-ethyl adjacent to an activating group) is 1. The molecule has 1 spiro atoms. The summed E-state index contributed by atoms with van der Waals surface area (Å²) in [5.41, 5.74) is 0.289. The lowest BCUT2D eigenvalue weighted by atomic mass is 9.84. The number of ether oxygens (including phenoxy) is 2. The van der Waals surface area contributed by atoms with Crippen LogP contribution in [0.4, 0.5) is 0 Å². The fourth-order valence-corrected chi connectivity index (χ4v) is 2.85. The molecule has 2 saturated heterocycles. The maximum Gasteiger partial charge on any atom is 0.0741 e. The molecule has 19 heavy (non-hydrogen) atoms. The SMILES string of the molecule is CN(C)C(C)(C)CNC1CCOC2(CCOCC2)C1. The Balaban J connectivity index is 1.84. The smallest absolute Gasteiger partial charge is 0.0741 e. The summed E-state index contributed by atoms with van der Waals surface area (Å²) in [6.45, 7) is 8.19. The zero-order chi connectivity index (χ0) is 13.9. The Bertz CT molecular complexity index is 280. The number of rotatable bonds is 4.